The number of nitrogens with one attached hydrogen (secondary N) is 2. The van der Waals surface area contributed by atoms with Gasteiger partial charge in [0.05, 0.1) is 22.6 Å². The first-order valence-corrected chi connectivity index (χ1v) is 12.9. The van der Waals surface area contributed by atoms with Crippen molar-refractivity contribution >= 4 is 67.6 Å². The van der Waals surface area contributed by atoms with Crippen molar-refractivity contribution < 1.29 is 19.5 Å². The number of hydrogen-bond donors (Lipinski definition) is 3. The number of carboxylic acid groups (broad SMARTS) is 1. The minimum atomic E-state index is -1.16. The molecule has 3 N–H and O–H groups in total. The summed E-state index contributed by atoms with van der Waals surface area (Å²) in [6.07, 6.45) is 0. The number of halogens is 1. The van der Waals surface area contributed by atoms with Gasteiger partial charge in [0.25, 0.3) is 5.91 Å². The van der Waals surface area contributed by atoms with Gasteiger partial charge in [-0.25, -0.2) is 9.78 Å². The van der Waals surface area contributed by atoms with Gasteiger partial charge in [-0.1, -0.05) is 40.2 Å². The van der Waals surface area contributed by atoms with Crippen molar-refractivity contribution in [2.75, 3.05) is 16.4 Å². The van der Waals surface area contributed by atoms with Crippen molar-refractivity contribution in [3.63, 3.8) is 0 Å². The molecule has 0 spiro atoms. The van der Waals surface area contributed by atoms with E-state index in [1.54, 1.807) is 36.4 Å². The normalized spacial score (nSPS) is 10.5. The minimum Gasteiger partial charge on any atom is -0.478 e. The zero-order chi connectivity index (χ0) is 24.8. The van der Waals surface area contributed by atoms with Gasteiger partial charge in [0.1, 0.15) is 0 Å². The van der Waals surface area contributed by atoms with Gasteiger partial charge in [0.2, 0.25) is 5.91 Å². The molecule has 3 aromatic carbocycles. The minimum absolute atomic E-state index is 0.0626. The van der Waals surface area contributed by atoms with Crippen LogP contribution in [0.25, 0.3) is 11.3 Å². The smallest absolute Gasteiger partial charge is 0.336 e. The number of nitrogens with zero attached hydrogens (tertiary/aromatic N) is 1. The highest BCUT2D eigenvalue weighted by molar-refractivity contribution is 9.10. The Bertz CT molecular complexity index is 1370. The van der Waals surface area contributed by atoms with Crippen LogP contribution in [0.15, 0.2) is 87.5 Å². The van der Waals surface area contributed by atoms with Crippen LogP contribution in [0.5, 0.6) is 0 Å². The summed E-state index contributed by atoms with van der Waals surface area (Å²) in [6.45, 7) is 0. The summed E-state index contributed by atoms with van der Waals surface area (Å²) < 4.78 is 0.987. The van der Waals surface area contributed by atoms with Crippen LogP contribution in [0, 0.1) is 0 Å². The molecule has 35 heavy (non-hydrogen) atoms. The molecule has 0 atom stereocenters. The molecular formula is C25H18BrN3O4S2. The number of aromatic nitrogens is 1. The molecule has 0 aliphatic carbocycles. The van der Waals surface area contributed by atoms with Crippen molar-refractivity contribution in [1.29, 1.82) is 0 Å². The molecule has 7 nitrogen and oxygen atoms in total. The zero-order valence-corrected chi connectivity index (χ0v) is 21.2. The fourth-order valence-electron chi connectivity index (χ4n) is 3.09. The van der Waals surface area contributed by atoms with E-state index in [0.717, 1.165) is 20.6 Å². The van der Waals surface area contributed by atoms with E-state index in [-0.39, 0.29) is 22.8 Å². The molecule has 0 aliphatic heterocycles. The van der Waals surface area contributed by atoms with Crippen LogP contribution < -0.4 is 10.6 Å². The number of amides is 2. The summed E-state index contributed by atoms with van der Waals surface area (Å²) in [4.78, 5) is 41.5. The Morgan fingerprint density at radius 2 is 1.60 bits per heavy atom. The highest BCUT2D eigenvalue weighted by atomic mass is 79.9. The molecule has 0 bridgehead atoms. The van der Waals surface area contributed by atoms with Crippen LogP contribution in [0.3, 0.4) is 0 Å². The van der Waals surface area contributed by atoms with E-state index >= 15 is 0 Å². The summed E-state index contributed by atoms with van der Waals surface area (Å²) in [6, 6.07) is 20.8. The topological polar surface area (TPSA) is 108 Å². The van der Waals surface area contributed by atoms with Gasteiger partial charge in [0, 0.05) is 26.0 Å². The van der Waals surface area contributed by atoms with Gasteiger partial charge in [-0.15, -0.1) is 23.1 Å². The van der Waals surface area contributed by atoms with Crippen LogP contribution >= 0.6 is 39.0 Å². The molecule has 1 aromatic heterocycles. The number of rotatable bonds is 8. The number of thioether (sulfide) groups is 1. The van der Waals surface area contributed by atoms with Gasteiger partial charge in [0.15, 0.2) is 5.13 Å². The molecule has 0 radical (unpaired) electrons. The van der Waals surface area contributed by atoms with E-state index in [1.165, 1.54) is 35.2 Å². The fourth-order valence-corrected chi connectivity index (χ4v) is 4.79. The molecule has 176 valence electrons. The lowest BCUT2D eigenvalue weighted by molar-refractivity contribution is -0.113. The lowest BCUT2D eigenvalue weighted by atomic mass is 10.1. The lowest BCUT2D eigenvalue weighted by Crippen LogP contribution is -2.16. The number of carboxylic acids is 1. The molecule has 4 rings (SSSR count). The Hall–Kier alpha value is -3.47. The first-order chi connectivity index (χ1) is 16.9. The first kappa shape index (κ1) is 24.6. The van der Waals surface area contributed by atoms with Crippen LogP contribution in [0.1, 0.15) is 20.7 Å². The Morgan fingerprint density at radius 1 is 0.914 bits per heavy atom. The molecule has 10 heteroatoms. The molecule has 1 heterocycles. The van der Waals surface area contributed by atoms with Gasteiger partial charge >= 0.3 is 5.97 Å². The predicted molar refractivity (Wildman–Crippen MR) is 142 cm³/mol. The van der Waals surface area contributed by atoms with Crippen LogP contribution in [-0.2, 0) is 4.79 Å². The van der Waals surface area contributed by atoms with Crippen molar-refractivity contribution in [2.24, 2.45) is 0 Å². The SMILES string of the molecule is O=C(CSc1ccc(NC(=O)c2ccccc2C(=O)O)cc1)Nc1nc(-c2ccc(Br)cc2)cs1. The van der Waals surface area contributed by atoms with Crippen molar-refractivity contribution in [1.82, 2.24) is 4.98 Å². The van der Waals surface area contributed by atoms with E-state index in [0.29, 0.717) is 10.8 Å². The maximum atomic E-state index is 12.5. The second-order valence-electron chi connectivity index (χ2n) is 7.21. The van der Waals surface area contributed by atoms with E-state index in [2.05, 4.69) is 31.5 Å². The Balaban J connectivity index is 1.29. The number of carbonyl (C=O) groups is 3. The lowest BCUT2D eigenvalue weighted by Gasteiger charge is -2.08. The molecule has 0 unspecified atom stereocenters. The summed E-state index contributed by atoms with van der Waals surface area (Å²) in [5.41, 5.74) is 2.31. The standard InChI is InChI=1S/C25H18BrN3O4S2/c26-16-7-5-15(6-8-16)21-13-35-25(28-21)29-22(30)14-34-18-11-9-17(10-12-18)27-23(31)19-3-1-2-4-20(19)24(32)33/h1-13H,14H2,(H,27,31)(H,32,33)(H,28,29,30). The van der Waals surface area contributed by atoms with E-state index in [4.69, 9.17) is 0 Å². The Morgan fingerprint density at radius 3 is 2.29 bits per heavy atom. The second-order valence-corrected chi connectivity index (χ2v) is 10.0. The van der Waals surface area contributed by atoms with Gasteiger partial charge in [-0.3, -0.25) is 9.59 Å². The zero-order valence-electron chi connectivity index (χ0n) is 18.0. The van der Waals surface area contributed by atoms with Gasteiger partial charge < -0.3 is 15.7 Å². The Labute approximate surface area is 217 Å². The fraction of sp³-hybridized carbons (Fsp3) is 0.0400. The van der Waals surface area contributed by atoms with E-state index in [9.17, 15) is 19.5 Å². The van der Waals surface area contributed by atoms with Crippen molar-refractivity contribution in [3.8, 4) is 11.3 Å². The highest BCUT2D eigenvalue weighted by Gasteiger charge is 2.16. The number of carbonyl (C=O) groups excluding carboxylic acids is 2. The monoisotopic (exact) mass is 567 g/mol. The summed E-state index contributed by atoms with van der Waals surface area (Å²) in [5.74, 6) is -1.64. The van der Waals surface area contributed by atoms with Gasteiger partial charge in [-0.05, 0) is 48.5 Å². The third-order valence-corrected chi connectivity index (χ3v) is 7.07. The quantitative estimate of drug-likeness (QED) is 0.217. The maximum Gasteiger partial charge on any atom is 0.336 e. The number of anilines is 2. The largest absolute Gasteiger partial charge is 0.478 e. The van der Waals surface area contributed by atoms with Crippen molar-refractivity contribution in [2.45, 2.75) is 4.90 Å². The molecule has 0 fully saturated rings. The second kappa shape index (κ2) is 11.3. The Kier molecular flexibility index (Phi) is 7.96. The molecule has 0 aliphatic rings. The molecule has 4 aromatic rings. The van der Waals surface area contributed by atoms with Crippen LogP contribution in [0.4, 0.5) is 10.8 Å². The highest BCUT2D eigenvalue weighted by Crippen LogP contribution is 2.27. The summed E-state index contributed by atoms with van der Waals surface area (Å²) >= 11 is 6.13. The number of hydrogen-bond acceptors (Lipinski definition) is 6. The van der Waals surface area contributed by atoms with E-state index < -0.39 is 11.9 Å². The third kappa shape index (κ3) is 6.56. The number of thiazole rings is 1. The average Bonchev–Trinajstić information content (AvgIpc) is 3.32. The third-order valence-electron chi connectivity index (χ3n) is 4.77. The molecule has 0 saturated carbocycles. The average molecular weight is 568 g/mol. The number of aromatic carboxylic acids is 1. The van der Waals surface area contributed by atoms with Crippen LogP contribution in [-0.4, -0.2) is 33.6 Å². The molecular weight excluding hydrogens is 550 g/mol. The molecule has 0 saturated heterocycles. The molecule has 2 amide bonds. The summed E-state index contributed by atoms with van der Waals surface area (Å²) in [7, 11) is 0. The maximum absolute atomic E-state index is 12.5. The van der Waals surface area contributed by atoms with E-state index in [1.807, 2.05) is 29.6 Å². The number of benzene rings is 3. The van der Waals surface area contributed by atoms with Gasteiger partial charge in [-0.2, -0.15) is 0 Å². The first-order valence-electron chi connectivity index (χ1n) is 10.3. The van der Waals surface area contributed by atoms with Crippen molar-refractivity contribution in [3.05, 3.63) is 93.8 Å². The van der Waals surface area contributed by atoms with Crippen LogP contribution in [0.2, 0.25) is 0 Å². The predicted octanol–water partition coefficient (Wildman–Crippen LogP) is 6.25. The summed E-state index contributed by atoms with van der Waals surface area (Å²) in [5, 5.41) is 17.2.